The van der Waals surface area contributed by atoms with Crippen LogP contribution in [0.3, 0.4) is 0 Å². The molecule has 3 heterocycles. The Hall–Kier alpha value is -3.37. The minimum absolute atomic E-state index is 0.00725. The van der Waals surface area contributed by atoms with Crippen molar-refractivity contribution in [1.29, 1.82) is 0 Å². The second-order valence-corrected chi connectivity index (χ2v) is 13.7. The summed E-state index contributed by atoms with van der Waals surface area (Å²) in [6, 6.07) is 10.3. The zero-order valence-corrected chi connectivity index (χ0v) is 26.5. The van der Waals surface area contributed by atoms with Gasteiger partial charge in [-0.05, 0) is 61.1 Å². The highest BCUT2D eigenvalue weighted by molar-refractivity contribution is 7.14. The smallest absolute Gasteiger partial charge is 0.254 e. The summed E-state index contributed by atoms with van der Waals surface area (Å²) in [5.41, 5.74) is 1.39. The molecule has 10 heteroatoms. The minimum atomic E-state index is -0.621. The van der Waals surface area contributed by atoms with Crippen LogP contribution in [0.15, 0.2) is 36.4 Å². The van der Waals surface area contributed by atoms with Gasteiger partial charge in [0.1, 0.15) is 27.3 Å². The molecule has 8 nitrogen and oxygen atoms in total. The maximum absolute atomic E-state index is 15.5. The molecule has 5 rings (SSSR count). The molecule has 2 aromatic carbocycles. The number of aromatic nitrogens is 2. The number of hydrogen-bond donors (Lipinski definition) is 1. The molecule has 1 unspecified atom stereocenters. The van der Waals surface area contributed by atoms with Gasteiger partial charge in [0.15, 0.2) is 0 Å². The van der Waals surface area contributed by atoms with Gasteiger partial charge in [-0.1, -0.05) is 46.0 Å². The normalized spacial score (nSPS) is 18.2. The zero-order chi connectivity index (χ0) is 30.7. The van der Waals surface area contributed by atoms with Crippen LogP contribution in [-0.4, -0.2) is 64.0 Å². The molecule has 2 amide bonds. The summed E-state index contributed by atoms with van der Waals surface area (Å²) in [7, 11) is 0. The van der Waals surface area contributed by atoms with Gasteiger partial charge in [-0.15, -0.1) is 10.2 Å². The molecule has 2 fully saturated rings. The van der Waals surface area contributed by atoms with E-state index in [0.717, 1.165) is 48.1 Å². The lowest BCUT2D eigenvalue weighted by atomic mass is 10.0. The number of hydrogen-bond acceptors (Lipinski definition) is 7. The molecule has 1 aromatic heterocycles. The van der Waals surface area contributed by atoms with E-state index in [0.29, 0.717) is 41.9 Å². The first-order chi connectivity index (χ1) is 20.5. The molecular weight excluding hydrogens is 565 g/mol. The highest BCUT2D eigenvalue weighted by Crippen LogP contribution is 2.33. The number of carbonyl (C=O) groups excluding carboxylic acids is 2. The van der Waals surface area contributed by atoms with Gasteiger partial charge in [-0.25, -0.2) is 4.39 Å². The molecule has 1 atom stereocenters. The summed E-state index contributed by atoms with van der Waals surface area (Å²) in [5.74, 6) is 0.995. The van der Waals surface area contributed by atoms with E-state index < -0.39 is 11.7 Å². The van der Waals surface area contributed by atoms with E-state index in [1.807, 2.05) is 31.2 Å². The molecule has 0 radical (unpaired) electrons. The van der Waals surface area contributed by atoms with Crippen molar-refractivity contribution in [2.24, 2.45) is 11.8 Å². The summed E-state index contributed by atoms with van der Waals surface area (Å²) < 4.78 is 21.8. The third kappa shape index (κ3) is 7.78. The molecular formula is C33H42FN5O3S. The molecule has 0 saturated carbocycles. The third-order valence-corrected chi connectivity index (χ3v) is 9.25. The maximum Gasteiger partial charge on any atom is 0.254 e. The van der Waals surface area contributed by atoms with Crippen molar-refractivity contribution >= 4 is 23.2 Å². The van der Waals surface area contributed by atoms with Gasteiger partial charge in [0.25, 0.3) is 5.91 Å². The SMILES string of the molecule is CC(C)CN1CCC(NC(=O)c2cc(Oc3ccc(-c4nnc(C(C)C)s4)cc3)c(CN3CC(C)CC3=O)cc2F)CC1. The summed E-state index contributed by atoms with van der Waals surface area (Å²) >= 11 is 1.56. The van der Waals surface area contributed by atoms with Crippen LogP contribution in [0.5, 0.6) is 11.5 Å². The Morgan fingerprint density at radius 3 is 2.44 bits per heavy atom. The Kier molecular flexibility index (Phi) is 9.76. The first-order valence-corrected chi connectivity index (χ1v) is 16.1. The van der Waals surface area contributed by atoms with E-state index in [1.54, 1.807) is 16.2 Å². The van der Waals surface area contributed by atoms with Crippen LogP contribution in [0.1, 0.15) is 80.7 Å². The Morgan fingerprint density at radius 1 is 1.12 bits per heavy atom. The minimum Gasteiger partial charge on any atom is -0.457 e. The van der Waals surface area contributed by atoms with Crippen LogP contribution in [0.4, 0.5) is 4.39 Å². The maximum atomic E-state index is 15.5. The van der Waals surface area contributed by atoms with Crippen molar-refractivity contribution in [2.45, 2.75) is 72.4 Å². The highest BCUT2D eigenvalue weighted by Gasteiger charge is 2.29. The number of amides is 2. The van der Waals surface area contributed by atoms with Crippen molar-refractivity contribution in [3.05, 3.63) is 58.3 Å². The monoisotopic (exact) mass is 607 g/mol. The number of piperidine rings is 1. The summed E-state index contributed by atoms with van der Waals surface area (Å²) in [5, 5.41) is 13.4. The fraction of sp³-hybridized carbons (Fsp3) is 0.515. The Bertz CT molecular complexity index is 1430. The van der Waals surface area contributed by atoms with E-state index in [1.165, 1.54) is 12.1 Å². The van der Waals surface area contributed by atoms with Gasteiger partial charge >= 0.3 is 0 Å². The average molecular weight is 608 g/mol. The lowest BCUT2D eigenvalue weighted by Crippen LogP contribution is -2.45. The number of benzene rings is 2. The van der Waals surface area contributed by atoms with Crippen LogP contribution < -0.4 is 10.1 Å². The first-order valence-electron chi connectivity index (χ1n) is 15.3. The van der Waals surface area contributed by atoms with Crippen molar-refractivity contribution in [1.82, 2.24) is 25.3 Å². The van der Waals surface area contributed by atoms with Crippen LogP contribution in [0, 0.1) is 17.7 Å². The summed E-state index contributed by atoms with van der Waals surface area (Å²) in [6.45, 7) is 14.3. The van der Waals surface area contributed by atoms with Crippen LogP contribution in [0.2, 0.25) is 0 Å². The summed E-state index contributed by atoms with van der Waals surface area (Å²) in [4.78, 5) is 30.0. The second-order valence-electron chi connectivity index (χ2n) is 12.7. The molecule has 43 heavy (non-hydrogen) atoms. The number of rotatable bonds is 10. The van der Waals surface area contributed by atoms with Gasteiger partial charge in [0, 0.05) is 62.2 Å². The van der Waals surface area contributed by atoms with Gasteiger partial charge in [0.05, 0.1) is 5.56 Å². The van der Waals surface area contributed by atoms with E-state index in [4.69, 9.17) is 4.74 Å². The predicted molar refractivity (Wildman–Crippen MR) is 167 cm³/mol. The number of carbonyl (C=O) groups is 2. The number of halogens is 1. The molecule has 0 bridgehead atoms. The molecule has 2 aliphatic heterocycles. The molecule has 1 N–H and O–H groups in total. The zero-order valence-electron chi connectivity index (χ0n) is 25.7. The number of ether oxygens (including phenoxy) is 1. The van der Waals surface area contributed by atoms with Crippen LogP contribution in [0.25, 0.3) is 10.6 Å². The van der Waals surface area contributed by atoms with Crippen molar-refractivity contribution in [3.63, 3.8) is 0 Å². The molecule has 2 aliphatic rings. The topological polar surface area (TPSA) is 87.7 Å². The van der Waals surface area contributed by atoms with E-state index in [9.17, 15) is 9.59 Å². The number of likely N-dealkylation sites (tertiary alicyclic amines) is 2. The quantitative estimate of drug-likeness (QED) is 0.284. The van der Waals surface area contributed by atoms with E-state index in [-0.39, 0.29) is 30.0 Å². The highest BCUT2D eigenvalue weighted by atomic mass is 32.1. The van der Waals surface area contributed by atoms with Gasteiger partial charge in [-0.3, -0.25) is 9.59 Å². The van der Waals surface area contributed by atoms with Crippen LogP contribution >= 0.6 is 11.3 Å². The van der Waals surface area contributed by atoms with Crippen LogP contribution in [-0.2, 0) is 11.3 Å². The summed E-state index contributed by atoms with van der Waals surface area (Å²) in [6.07, 6.45) is 2.13. The van der Waals surface area contributed by atoms with Crippen molar-refractivity contribution in [2.75, 3.05) is 26.2 Å². The molecule has 0 aliphatic carbocycles. The number of nitrogens with one attached hydrogen (secondary N) is 1. The van der Waals surface area contributed by atoms with E-state index in [2.05, 4.69) is 48.1 Å². The predicted octanol–water partition coefficient (Wildman–Crippen LogP) is 6.48. The Labute approximate surface area is 257 Å². The average Bonchev–Trinajstić information content (AvgIpc) is 3.57. The largest absolute Gasteiger partial charge is 0.457 e. The molecule has 230 valence electrons. The standard InChI is InChI=1S/C33H42FN5O3S/c1-20(2)17-38-12-10-25(11-13-38)35-31(41)27-16-29(24(15-28(27)34)19-39-18-22(5)14-30(39)40)42-26-8-6-23(7-9-26)33-37-36-32(43-33)21(3)4/h6-9,15-16,20-22,25H,10-14,17-19H2,1-5H3,(H,35,41). The van der Waals surface area contributed by atoms with Gasteiger partial charge in [-0.2, -0.15) is 0 Å². The van der Waals surface area contributed by atoms with Crippen molar-refractivity contribution in [3.8, 4) is 22.1 Å². The van der Waals surface area contributed by atoms with Crippen molar-refractivity contribution < 1.29 is 18.7 Å². The molecule has 0 spiro atoms. The lowest BCUT2D eigenvalue weighted by Gasteiger charge is -2.33. The molecule has 3 aromatic rings. The van der Waals surface area contributed by atoms with Gasteiger partial charge < -0.3 is 19.9 Å². The van der Waals surface area contributed by atoms with Gasteiger partial charge in [0.2, 0.25) is 5.91 Å². The number of nitrogens with zero attached hydrogens (tertiary/aromatic N) is 4. The van der Waals surface area contributed by atoms with E-state index >= 15 is 4.39 Å². The third-order valence-electron chi connectivity index (χ3n) is 7.97. The second kappa shape index (κ2) is 13.5. The Morgan fingerprint density at radius 2 is 1.84 bits per heavy atom. The Balaban J connectivity index is 1.35. The molecule has 2 saturated heterocycles. The fourth-order valence-electron chi connectivity index (χ4n) is 5.73. The lowest BCUT2D eigenvalue weighted by molar-refractivity contribution is -0.128. The fourth-order valence-corrected chi connectivity index (χ4v) is 6.58. The first kappa shape index (κ1) is 31.1.